The molecule has 0 radical (unpaired) electrons. The second-order valence-electron chi connectivity index (χ2n) is 13.2. The summed E-state index contributed by atoms with van der Waals surface area (Å²) in [6, 6.07) is 4.38. The summed E-state index contributed by atoms with van der Waals surface area (Å²) in [5, 5.41) is 19.2. The van der Waals surface area contributed by atoms with Crippen molar-refractivity contribution in [2.45, 2.75) is 104 Å². The molecule has 0 bridgehead atoms. The van der Waals surface area contributed by atoms with E-state index in [0.29, 0.717) is 47.6 Å². The van der Waals surface area contributed by atoms with E-state index in [1.807, 2.05) is 13.8 Å². The van der Waals surface area contributed by atoms with Gasteiger partial charge in [0.25, 0.3) is 0 Å². The highest BCUT2D eigenvalue weighted by molar-refractivity contribution is 7.15. The van der Waals surface area contributed by atoms with Gasteiger partial charge in [0.15, 0.2) is 5.13 Å². The standard InChI is InChI=1S/C32H45N3O3S/c1-7-38-35-27-16-21(9-8-10-28(37)34-30-33-18-19(2)39-30)29-23-12-11-20-15-26(36)25(31(3,4)5)17-24(20)22(23)13-14-32(27,29)6/h15,17-18,21-23,29,36H,7-14,16H2,1-6H3,(H,33,34,37)/b35-27+/t21-,22?,23?,29?,32-/m1/s1. The maximum absolute atomic E-state index is 12.6. The summed E-state index contributed by atoms with van der Waals surface area (Å²) < 4.78 is 0. The maximum Gasteiger partial charge on any atom is 0.226 e. The monoisotopic (exact) mass is 551 g/mol. The van der Waals surface area contributed by atoms with Gasteiger partial charge in [0.05, 0.1) is 5.71 Å². The van der Waals surface area contributed by atoms with Gasteiger partial charge >= 0.3 is 0 Å². The van der Waals surface area contributed by atoms with Gasteiger partial charge in [-0.3, -0.25) is 4.79 Å². The average Bonchev–Trinajstić information content (AvgIpc) is 3.40. The van der Waals surface area contributed by atoms with Crippen LogP contribution < -0.4 is 5.32 Å². The number of phenolic OH excluding ortho intramolecular Hbond substituents is 1. The Morgan fingerprint density at radius 1 is 1.31 bits per heavy atom. The van der Waals surface area contributed by atoms with Crippen LogP contribution in [-0.2, 0) is 21.5 Å². The molecule has 3 aliphatic rings. The number of rotatable bonds is 7. The molecule has 7 heteroatoms. The Morgan fingerprint density at radius 2 is 2.10 bits per heavy atom. The van der Waals surface area contributed by atoms with Gasteiger partial charge in [0.2, 0.25) is 5.91 Å². The van der Waals surface area contributed by atoms with Crippen molar-refractivity contribution in [3.8, 4) is 5.75 Å². The van der Waals surface area contributed by atoms with Crippen LogP contribution in [0.5, 0.6) is 5.75 Å². The molecule has 212 valence electrons. The molecule has 0 spiro atoms. The van der Waals surface area contributed by atoms with E-state index in [-0.39, 0.29) is 16.7 Å². The summed E-state index contributed by atoms with van der Waals surface area (Å²) in [6.07, 6.45) is 9.58. The number of hydrogen-bond donors (Lipinski definition) is 2. The molecular formula is C32H45N3O3S. The molecule has 1 amide bonds. The van der Waals surface area contributed by atoms with Crippen LogP contribution in [0.15, 0.2) is 23.5 Å². The Bertz CT molecular complexity index is 1250. The Kier molecular flexibility index (Phi) is 7.84. The predicted octanol–water partition coefficient (Wildman–Crippen LogP) is 7.74. The molecule has 39 heavy (non-hydrogen) atoms. The van der Waals surface area contributed by atoms with Crippen LogP contribution in [0, 0.1) is 30.1 Å². The highest BCUT2D eigenvalue weighted by Gasteiger charge is 2.57. The first-order valence-corrected chi connectivity index (χ1v) is 15.6. The quantitative estimate of drug-likeness (QED) is 0.345. The van der Waals surface area contributed by atoms with Gasteiger partial charge in [0, 0.05) is 22.9 Å². The van der Waals surface area contributed by atoms with E-state index in [1.165, 1.54) is 28.2 Å². The number of carbonyl (C=O) groups is 1. The molecule has 3 unspecified atom stereocenters. The fraction of sp³-hybridized carbons (Fsp3) is 0.656. The number of nitrogens with zero attached hydrogens (tertiary/aromatic N) is 2. The summed E-state index contributed by atoms with van der Waals surface area (Å²) in [6.45, 7) is 13.6. The minimum Gasteiger partial charge on any atom is -0.508 e. The number of anilines is 1. The van der Waals surface area contributed by atoms with E-state index >= 15 is 0 Å². The molecule has 0 aliphatic heterocycles. The Balaban J connectivity index is 1.37. The van der Waals surface area contributed by atoms with Gasteiger partial charge in [-0.25, -0.2) is 4.98 Å². The van der Waals surface area contributed by atoms with Crippen molar-refractivity contribution in [2.24, 2.45) is 28.3 Å². The van der Waals surface area contributed by atoms with Crippen LogP contribution in [0.3, 0.4) is 0 Å². The van der Waals surface area contributed by atoms with Gasteiger partial charge in [-0.05, 0) is 111 Å². The minimum atomic E-state index is -0.0969. The van der Waals surface area contributed by atoms with Crippen molar-refractivity contribution in [3.05, 3.63) is 39.9 Å². The van der Waals surface area contributed by atoms with Gasteiger partial charge < -0.3 is 15.3 Å². The summed E-state index contributed by atoms with van der Waals surface area (Å²) in [4.78, 5) is 23.7. The summed E-state index contributed by atoms with van der Waals surface area (Å²) >= 11 is 1.52. The lowest BCUT2D eigenvalue weighted by atomic mass is 9.53. The summed E-state index contributed by atoms with van der Waals surface area (Å²) in [5.41, 5.74) is 5.02. The van der Waals surface area contributed by atoms with Gasteiger partial charge in [0.1, 0.15) is 12.4 Å². The number of amides is 1. The van der Waals surface area contributed by atoms with Crippen LogP contribution in [-0.4, -0.2) is 28.3 Å². The normalized spacial score (nSPS) is 29.0. The molecule has 5 atom stereocenters. The Hall–Kier alpha value is -2.41. The molecule has 2 N–H and O–H groups in total. The molecular weight excluding hydrogens is 506 g/mol. The van der Waals surface area contributed by atoms with Crippen LogP contribution in [0.25, 0.3) is 0 Å². The van der Waals surface area contributed by atoms with Crippen molar-refractivity contribution in [2.75, 3.05) is 11.9 Å². The number of phenols is 1. The van der Waals surface area contributed by atoms with E-state index in [2.05, 4.69) is 55.3 Å². The van der Waals surface area contributed by atoms with Gasteiger partial charge in [-0.1, -0.05) is 38.9 Å². The lowest BCUT2D eigenvalue weighted by Crippen LogP contribution is -2.44. The first-order chi connectivity index (χ1) is 18.5. The second-order valence-corrected chi connectivity index (χ2v) is 14.5. The zero-order chi connectivity index (χ0) is 27.9. The van der Waals surface area contributed by atoms with Crippen molar-refractivity contribution < 1.29 is 14.7 Å². The minimum absolute atomic E-state index is 0.0446. The first kappa shape index (κ1) is 28.1. The first-order valence-electron chi connectivity index (χ1n) is 14.8. The van der Waals surface area contributed by atoms with Crippen molar-refractivity contribution in [3.63, 3.8) is 0 Å². The van der Waals surface area contributed by atoms with Crippen LogP contribution in [0.1, 0.15) is 107 Å². The molecule has 1 aromatic heterocycles. The molecule has 2 fully saturated rings. The lowest BCUT2D eigenvalue weighted by molar-refractivity contribution is -0.116. The van der Waals surface area contributed by atoms with Crippen LogP contribution in [0.4, 0.5) is 5.13 Å². The topological polar surface area (TPSA) is 83.8 Å². The number of benzene rings is 1. The number of carbonyl (C=O) groups excluding carboxylic acids is 1. The smallest absolute Gasteiger partial charge is 0.226 e. The molecule has 3 aliphatic carbocycles. The van der Waals surface area contributed by atoms with E-state index < -0.39 is 0 Å². The molecule has 2 saturated carbocycles. The number of hydrogen-bond acceptors (Lipinski definition) is 6. The summed E-state index contributed by atoms with van der Waals surface area (Å²) in [5.74, 6) is 2.61. The third-order valence-electron chi connectivity index (χ3n) is 9.67. The fourth-order valence-corrected chi connectivity index (χ4v) is 8.64. The molecule has 1 heterocycles. The van der Waals surface area contributed by atoms with Crippen LogP contribution in [0.2, 0.25) is 0 Å². The molecule has 1 aromatic carbocycles. The third kappa shape index (κ3) is 5.48. The van der Waals surface area contributed by atoms with Crippen molar-refractivity contribution in [1.29, 1.82) is 0 Å². The number of thiazole rings is 1. The third-order valence-corrected chi connectivity index (χ3v) is 10.5. The SMILES string of the molecule is CCO/N=C1\C[C@@H](CCCC(=O)Nc2ncc(C)s2)C2C3CCc4cc(O)c(C(C)(C)C)cc4C3CC[C@]12C. The van der Waals surface area contributed by atoms with Gasteiger partial charge in [-0.2, -0.15) is 0 Å². The van der Waals surface area contributed by atoms with Crippen LogP contribution >= 0.6 is 11.3 Å². The van der Waals surface area contributed by atoms with Crippen molar-refractivity contribution in [1.82, 2.24) is 4.98 Å². The summed E-state index contributed by atoms with van der Waals surface area (Å²) in [7, 11) is 0. The largest absolute Gasteiger partial charge is 0.508 e. The highest BCUT2D eigenvalue weighted by Crippen LogP contribution is 2.63. The molecule has 0 saturated heterocycles. The highest BCUT2D eigenvalue weighted by atomic mass is 32.1. The number of aryl methyl sites for hydroxylation is 2. The fourth-order valence-electron chi connectivity index (χ4n) is 7.96. The van der Waals surface area contributed by atoms with Crippen molar-refractivity contribution >= 4 is 28.1 Å². The lowest BCUT2D eigenvalue weighted by Gasteiger charge is -2.50. The van der Waals surface area contributed by atoms with E-state index in [0.717, 1.165) is 55.4 Å². The number of fused-ring (bicyclic) bond motifs is 5. The zero-order valence-electron chi connectivity index (χ0n) is 24.5. The van der Waals surface area contributed by atoms with Gasteiger partial charge in [-0.15, -0.1) is 11.3 Å². The predicted molar refractivity (Wildman–Crippen MR) is 159 cm³/mol. The number of oxime groups is 1. The maximum atomic E-state index is 12.6. The molecule has 6 nitrogen and oxygen atoms in total. The zero-order valence-corrected chi connectivity index (χ0v) is 25.3. The number of aromatic nitrogens is 1. The number of aromatic hydroxyl groups is 1. The second kappa shape index (κ2) is 10.9. The van der Waals surface area contributed by atoms with E-state index in [9.17, 15) is 9.90 Å². The average molecular weight is 552 g/mol. The Labute approximate surface area is 237 Å². The van der Waals surface area contributed by atoms with E-state index in [1.54, 1.807) is 6.20 Å². The molecule has 5 rings (SSSR count). The molecule has 2 aromatic rings. The Morgan fingerprint density at radius 3 is 2.79 bits per heavy atom. The van der Waals surface area contributed by atoms with E-state index in [4.69, 9.17) is 4.84 Å². The number of nitrogens with one attached hydrogen (secondary N) is 1.